The molecule has 0 aromatic heterocycles. The Morgan fingerprint density at radius 1 is 1.17 bits per heavy atom. The Kier molecular flexibility index (Phi) is 5.39. The second-order valence-electron chi connectivity index (χ2n) is 5.21. The van der Waals surface area contributed by atoms with E-state index in [4.69, 9.17) is 10.5 Å². The summed E-state index contributed by atoms with van der Waals surface area (Å²) in [6.45, 7) is 3.78. The molecule has 0 saturated heterocycles. The number of hydrogen-bond donors (Lipinski definition) is 2. The Morgan fingerprint density at radius 2 is 1.91 bits per heavy atom. The summed E-state index contributed by atoms with van der Waals surface area (Å²) in [5.41, 5.74) is 6.46. The molecule has 0 unspecified atom stereocenters. The van der Waals surface area contributed by atoms with E-state index in [1.807, 2.05) is 19.9 Å². The molecule has 0 saturated carbocycles. The number of amides is 2. The van der Waals surface area contributed by atoms with Crippen LogP contribution in [0.25, 0.3) is 0 Å². The van der Waals surface area contributed by atoms with E-state index in [-0.39, 0.29) is 12.0 Å². The number of nitrogens with two attached hydrogens (primary N) is 1. The van der Waals surface area contributed by atoms with E-state index in [0.29, 0.717) is 22.6 Å². The highest BCUT2D eigenvalue weighted by Gasteiger charge is 2.15. The van der Waals surface area contributed by atoms with Crippen LogP contribution in [0.3, 0.4) is 0 Å². The van der Waals surface area contributed by atoms with E-state index in [1.165, 1.54) is 6.07 Å². The number of anilines is 1. The summed E-state index contributed by atoms with van der Waals surface area (Å²) in [7, 11) is 0. The Bertz CT molecular complexity index is 744. The highest BCUT2D eigenvalue weighted by Crippen LogP contribution is 2.25. The van der Waals surface area contributed by atoms with Crippen LogP contribution in [0.2, 0.25) is 0 Å². The van der Waals surface area contributed by atoms with E-state index in [0.717, 1.165) is 4.47 Å². The smallest absolute Gasteiger partial charge is 0.259 e. The first kappa shape index (κ1) is 17.0. The maximum atomic E-state index is 12.5. The molecule has 0 aliphatic heterocycles. The molecule has 2 aromatic carbocycles. The largest absolute Gasteiger partial charge is 0.490 e. The lowest BCUT2D eigenvalue weighted by molar-refractivity contribution is 0.0995. The fourth-order valence-electron chi connectivity index (χ4n) is 1.98. The number of ether oxygens (including phenoxy) is 1. The standard InChI is InChI=1S/C17H17BrN2O3/c1-10(2)23-15-7-6-12(18)9-14(15)17(22)20-13-5-3-4-11(8-13)16(19)21/h3-10H,1-2H3,(H2,19,21)(H,20,22). The average Bonchev–Trinajstić information content (AvgIpc) is 2.48. The van der Waals surface area contributed by atoms with Crippen molar-refractivity contribution < 1.29 is 14.3 Å². The highest BCUT2D eigenvalue weighted by atomic mass is 79.9. The molecule has 2 aromatic rings. The van der Waals surface area contributed by atoms with Crippen molar-refractivity contribution in [3.63, 3.8) is 0 Å². The number of rotatable bonds is 5. The van der Waals surface area contributed by atoms with Crippen LogP contribution in [-0.4, -0.2) is 17.9 Å². The van der Waals surface area contributed by atoms with E-state index in [1.54, 1.807) is 30.3 Å². The van der Waals surface area contributed by atoms with Crippen LogP contribution in [0.5, 0.6) is 5.75 Å². The molecule has 0 fully saturated rings. The molecular formula is C17H17BrN2O3. The van der Waals surface area contributed by atoms with Gasteiger partial charge in [0.1, 0.15) is 5.75 Å². The number of carbonyl (C=O) groups is 2. The molecule has 2 rings (SSSR count). The van der Waals surface area contributed by atoms with Gasteiger partial charge in [0.2, 0.25) is 5.91 Å². The second-order valence-corrected chi connectivity index (χ2v) is 6.12. The molecule has 120 valence electrons. The molecule has 0 aliphatic carbocycles. The predicted octanol–water partition coefficient (Wildman–Crippen LogP) is 3.59. The maximum Gasteiger partial charge on any atom is 0.259 e. The van der Waals surface area contributed by atoms with Gasteiger partial charge in [-0.15, -0.1) is 0 Å². The molecule has 6 heteroatoms. The van der Waals surface area contributed by atoms with Gasteiger partial charge in [-0.25, -0.2) is 0 Å². The summed E-state index contributed by atoms with van der Waals surface area (Å²) in [4.78, 5) is 23.7. The maximum absolute atomic E-state index is 12.5. The van der Waals surface area contributed by atoms with Crippen molar-refractivity contribution >= 4 is 33.4 Å². The fourth-order valence-corrected chi connectivity index (χ4v) is 2.35. The number of carbonyl (C=O) groups excluding carboxylic acids is 2. The number of nitrogens with one attached hydrogen (secondary N) is 1. The summed E-state index contributed by atoms with van der Waals surface area (Å²) in [5, 5.41) is 2.75. The van der Waals surface area contributed by atoms with Crippen molar-refractivity contribution in [2.24, 2.45) is 5.73 Å². The van der Waals surface area contributed by atoms with Crippen LogP contribution in [0.4, 0.5) is 5.69 Å². The molecule has 0 radical (unpaired) electrons. The molecule has 2 amide bonds. The molecule has 0 spiro atoms. The Morgan fingerprint density at radius 3 is 2.57 bits per heavy atom. The van der Waals surface area contributed by atoms with Gasteiger partial charge in [0.05, 0.1) is 11.7 Å². The molecule has 0 bridgehead atoms. The van der Waals surface area contributed by atoms with Crippen molar-refractivity contribution in [1.82, 2.24) is 0 Å². The molecule has 0 atom stereocenters. The quantitative estimate of drug-likeness (QED) is 0.836. The first-order chi connectivity index (χ1) is 10.9. The van der Waals surface area contributed by atoms with Crippen LogP contribution in [-0.2, 0) is 0 Å². The summed E-state index contributed by atoms with van der Waals surface area (Å²) in [6.07, 6.45) is -0.0547. The molecule has 5 nitrogen and oxygen atoms in total. The summed E-state index contributed by atoms with van der Waals surface area (Å²) in [6, 6.07) is 11.7. The number of hydrogen-bond acceptors (Lipinski definition) is 3. The van der Waals surface area contributed by atoms with Crippen LogP contribution >= 0.6 is 15.9 Å². The van der Waals surface area contributed by atoms with E-state index >= 15 is 0 Å². The second kappa shape index (κ2) is 7.28. The lowest BCUT2D eigenvalue weighted by Crippen LogP contribution is -2.16. The molecule has 23 heavy (non-hydrogen) atoms. The SMILES string of the molecule is CC(C)Oc1ccc(Br)cc1C(=O)Nc1cccc(C(N)=O)c1. The minimum atomic E-state index is -0.549. The van der Waals surface area contributed by atoms with Gasteiger partial charge in [0.25, 0.3) is 5.91 Å². The summed E-state index contributed by atoms with van der Waals surface area (Å²) < 4.78 is 6.43. The first-order valence-electron chi connectivity index (χ1n) is 7.04. The van der Waals surface area contributed by atoms with E-state index < -0.39 is 5.91 Å². The third-order valence-corrected chi connectivity index (χ3v) is 3.45. The van der Waals surface area contributed by atoms with Gasteiger partial charge in [0, 0.05) is 15.7 Å². The minimum absolute atomic E-state index is 0.0547. The van der Waals surface area contributed by atoms with Gasteiger partial charge in [-0.3, -0.25) is 9.59 Å². The van der Waals surface area contributed by atoms with E-state index in [2.05, 4.69) is 21.2 Å². The Labute approximate surface area is 143 Å². The van der Waals surface area contributed by atoms with Crippen molar-refractivity contribution in [1.29, 1.82) is 0 Å². The lowest BCUT2D eigenvalue weighted by atomic mass is 10.1. The highest BCUT2D eigenvalue weighted by molar-refractivity contribution is 9.10. The third kappa shape index (κ3) is 4.56. The molecule has 0 heterocycles. The minimum Gasteiger partial charge on any atom is -0.490 e. The van der Waals surface area contributed by atoms with Crippen LogP contribution in [0, 0.1) is 0 Å². The zero-order valence-corrected chi connectivity index (χ0v) is 14.4. The van der Waals surface area contributed by atoms with Gasteiger partial charge >= 0.3 is 0 Å². The average molecular weight is 377 g/mol. The van der Waals surface area contributed by atoms with Crippen molar-refractivity contribution in [2.45, 2.75) is 20.0 Å². The van der Waals surface area contributed by atoms with Gasteiger partial charge in [-0.05, 0) is 50.2 Å². The van der Waals surface area contributed by atoms with Gasteiger partial charge in [0.15, 0.2) is 0 Å². The molecule has 3 N–H and O–H groups in total. The van der Waals surface area contributed by atoms with Crippen LogP contribution in [0.15, 0.2) is 46.9 Å². The van der Waals surface area contributed by atoms with Crippen LogP contribution < -0.4 is 15.8 Å². The van der Waals surface area contributed by atoms with Gasteiger partial charge in [-0.2, -0.15) is 0 Å². The van der Waals surface area contributed by atoms with Gasteiger partial charge < -0.3 is 15.8 Å². The number of primary amides is 1. The first-order valence-corrected chi connectivity index (χ1v) is 7.83. The monoisotopic (exact) mass is 376 g/mol. The fraction of sp³-hybridized carbons (Fsp3) is 0.176. The normalized spacial score (nSPS) is 10.4. The Hall–Kier alpha value is -2.34. The van der Waals surface area contributed by atoms with Crippen molar-refractivity contribution in [3.8, 4) is 5.75 Å². The zero-order chi connectivity index (χ0) is 17.0. The lowest BCUT2D eigenvalue weighted by Gasteiger charge is -2.14. The third-order valence-electron chi connectivity index (χ3n) is 2.95. The van der Waals surface area contributed by atoms with Gasteiger partial charge in [-0.1, -0.05) is 22.0 Å². The summed E-state index contributed by atoms with van der Waals surface area (Å²) in [5.74, 6) is -0.386. The number of halogens is 1. The predicted molar refractivity (Wildman–Crippen MR) is 92.8 cm³/mol. The van der Waals surface area contributed by atoms with E-state index in [9.17, 15) is 9.59 Å². The Balaban J connectivity index is 2.28. The molecule has 0 aliphatic rings. The van der Waals surface area contributed by atoms with Crippen molar-refractivity contribution in [3.05, 3.63) is 58.1 Å². The number of benzene rings is 2. The van der Waals surface area contributed by atoms with Crippen molar-refractivity contribution in [2.75, 3.05) is 5.32 Å². The molecular weight excluding hydrogens is 360 g/mol. The topological polar surface area (TPSA) is 81.4 Å². The summed E-state index contributed by atoms with van der Waals surface area (Å²) >= 11 is 3.35. The zero-order valence-electron chi connectivity index (χ0n) is 12.8. The van der Waals surface area contributed by atoms with Crippen LogP contribution in [0.1, 0.15) is 34.6 Å².